The van der Waals surface area contributed by atoms with E-state index < -0.39 is 0 Å². The van der Waals surface area contributed by atoms with E-state index in [9.17, 15) is 4.79 Å². The van der Waals surface area contributed by atoms with Crippen molar-refractivity contribution in [3.63, 3.8) is 0 Å². The summed E-state index contributed by atoms with van der Waals surface area (Å²) in [5, 5.41) is 0.846. The molecule has 0 aromatic heterocycles. The molecular formula is C11H12OSe. The van der Waals surface area contributed by atoms with Gasteiger partial charge in [-0.25, -0.2) is 0 Å². The average Bonchev–Trinajstić information content (AvgIpc) is 2.16. The predicted octanol–water partition coefficient (Wildman–Crippen LogP) is 2.06. The molecule has 0 aliphatic carbocycles. The van der Waals surface area contributed by atoms with Crippen molar-refractivity contribution in [1.82, 2.24) is 0 Å². The Morgan fingerprint density at radius 2 is 2.08 bits per heavy atom. The van der Waals surface area contributed by atoms with Crippen molar-refractivity contribution in [3.05, 3.63) is 48.6 Å². The molecule has 0 N–H and O–H groups in total. The molecule has 0 amide bonds. The van der Waals surface area contributed by atoms with Gasteiger partial charge >= 0.3 is 84.7 Å². The topological polar surface area (TPSA) is 17.1 Å². The van der Waals surface area contributed by atoms with Crippen LogP contribution in [0, 0.1) is 0 Å². The van der Waals surface area contributed by atoms with Gasteiger partial charge < -0.3 is 0 Å². The number of carbonyl (C=O) groups is 1. The molecule has 0 saturated heterocycles. The summed E-state index contributed by atoms with van der Waals surface area (Å²) in [5.74, 6) is 0. The van der Waals surface area contributed by atoms with Gasteiger partial charge in [0.2, 0.25) is 0 Å². The Morgan fingerprint density at radius 3 is 2.69 bits per heavy atom. The third-order valence-corrected chi connectivity index (χ3v) is 3.38. The molecule has 1 nitrogen and oxygen atoms in total. The summed E-state index contributed by atoms with van der Waals surface area (Å²) in [7, 11) is 0. The van der Waals surface area contributed by atoms with E-state index >= 15 is 0 Å². The van der Waals surface area contributed by atoms with Gasteiger partial charge in [-0.2, -0.15) is 0 Å². The molecular weight excluding hydrogens is 227 g/mol. The second-order valence-corrected chi connectivity index (χ2v) is 4.89. The number of hydrogen-bond acceptors (Lipinski definition) is 1. The quantitative estimate of drug-likeness (QED) is 0.567. The van der Waals surface area contributed by atoms with Crippen LogP contribution in [0.2, 0.25) is 5.32 Å². The molecule has 0 aliphatic heterocycles. The zero-order chi connectivity index (χ0) is 9.52. The number of allylic oxidation sites excluding steroid dienone is 1. The van der Waals surface area contributed by atoms with E-state index in [-0.39, 0.29) is 15.0 Å². The van der Waals surface area contributed by atoms with E-state index in [1.807, 2.05) is 36.4 Å². The van der Waals surface area contributed by atoms with Gasteiger partial charge in [0.15, 0.2) is 0 Å². The van der Waals surface area contributed by atoms with E-state index in [2.05, 4.69) is 6.58 Å². The first-order valence-corrected chi connectivity index (χ1v) is 6.20. The molecule has 1 aromatic rings. The molecule has 0 fully saturated rings. The third-order valence-electron chi connectivity index (χ3n) is 1.55. The molecule has 0 aliphatic rings. The first-order valence-electron chi connectivity index (χ1n) is 4.13. The van der Waals surface area contributed by atoms with Gasteiger partial charge in [-0.1, -0.05) is 0 Å². The van der Waals surface area contributed by atoms with Crippen molar-refractivity contribution in [3.8, 4) is 0 Å². The number of hydrogen-bond donors (Lipinski definition) is 0. The molecule has 0 heterocycles. The Kier molecular flexibility index (Phi) is 4.52. The standard InChI is InChI=1S/C11H12OSe/c1-2-8-13-11(12)9-10-6-4-3-5-7-10/h2-7H,1,8-9H2. The van der Waals surface area contributed by atoms with Gasteiger partial charge in [0, 0.05) is 0 Å². The van der Waals surface area contributed by atoms with Crippen LogP contribution in [0.15, 0.2) is 43.0 Å². The first kappa shape index (κ1) is 10.2. The molecule has 2 heteroatoms. The normalized spacial score (nSPS) is 9.54. The van der Waals surface area contributed by atoms with Crippen LogP contribution in [0.1, 0.15) is 5.56 Å². The Labute approximate surface area is 85.0 Å². The molecule has 13 heavy (non-hydrogen) atoms. The van der Waals surface area contributed by atoms with Crippen LogP contribution in [0.25, 0.3) is 0 Å². The van der Waals surface area contributed by atoms with Gasteiger partial charge in [-0.3, -0.25) is 0 Å². The number of carbonyl (C=O) groups excluding carboxylic acids is 1. The summed E-state index contributed by atoms with van der Waals surface area (Å²) in [5.41, 5.74) is 1.11. The Hall–Kier alpha value is -0.851. The Balaban J connectivity index is 2.41. The SMILES string of the molecule is C=CC[Se]C(=O)Cc1ccccc1. The van der Waals surface area contributed by atoms with Crippen molar-refractivity contribution in [2.24, 2.45) is 0 Å². The summed E-state index contributed by atoms with van der Waals surface area (Å²) in [6.45, 7) is 3.60. The van der Waals surface area contributed by atoms with Crippen LogP contribution < -0.4 is 0 Å². The summed E-state index contributed by atoms with van der Waals surface area (Å²) in [4.78, 5) is 11.4. The second kappa shape index (κ2) is 5.74. The summed E-state index contributed by atoms with van der Waals surface area (Å²) in [6.07, 6.45) is 2.39. The van der Waals surface area contributed by atoms with Crippen molar-refractivity contribution in [1.29, 1.82) is 0 Å². The van der Waals surface area contributed by atoms with Gasteiger partial charge in [0.05, 0.1) is 0 Å². The molecule has 1 aromatic carbocycles. The number of benzene rings is 1. The maximum atomic E-state index is 11.4. The van der Waals surface area contributed by atoms with Crippen LogP contribution in [0.5, 0.6) is 0 Å². The molecule has 0 atom stereocenters. The molecule has 0 saturated carbocycles. The molecule has 0 bridgehead atoms. The molecule has 0 unspecified atom stereocenters. The summed E-state index contributed by atoms with van der Waals surface area (Å²) >= 11 is 0.0809. The van der Waals surface area contributed by atoms with Gasteiger partial charge in [-0.15, -0.1) is 0 Å². The van der Waals surface area contributed by atoms with Crippen LogP contribution in [-0.4, -0.2) is 19.6 Å². The molecule has 0 radical (unpaired) electrons. The van der Waals surface area contributed by atoms with Crippen LogP contribution in [-0.2, 0) is 11.2 Å². The van der Waals surface area contributed by atoms with E-state index in [0.29, 0.717) is 11.1 Å². The summed E-state index contributed by atoms with van der Waals surface area (Å²) < 4.78 is 0.346. The fraction of sp³-hybridized carbons (Fsp3) is 0.182. The van der Waals surface area contributed by atoms with Crippen LogP contribution in [0.3, 0.4) is 0 Å². The first-order chi connectivity index (χ1) is 6.33. The fourth-order valence-electron chi connectivity index (χ4n) is 0.965. The van der Waals surface area contributed by atoms with E-state index in [4.69, 9.17) is 0 Å². The molecule has 0 spiro atoms. The van der Waals surface area contributed by atoms with Gasteiger partial charge in [0.25, 0.3) is 0 Å². The maximum absolute atomic E-state index is 11.4. The van der Waals surface area contributed by atoms with Crippen LogP contribution in [0.4, 0.5) is 0 Å². The summed E-state index contributed by atoms with van der Waals surface area (Å²) in [6, 6.07) is 9.86. The third kappa shape index (κ3) is 4.07. The minimum atomic E-state index is 0.0809. The molecule has 68 valence electrons. The Morgan fingerprint density at radius 1 is 1.38 bits per heavy atom. The minimum absolute atomic E-state index is 0.0809. The van der Waals surface area contributed by atoms with Crippen molar-refractivity contribution < 1.29 is 4.79 Å². The fourth-order valence-corrected chi connectivity index (χ4v) is 2.17. The van der Waals surface area contributed by atoms with Crippen molar-refractivity contribution in [2.45, 2.75) is 11.7 Å². The van der Waals surface area contributed by atoms with E-state index in [1.54, 1.807) is 0 Å². The predicted molar refractivity (Wildman–Crippen MR) is 55.9 cm³/mol. The van der Waals surface area contributed by atoms with Crippen LogP contribution >= 0.6 is 0 Å². The number of rotatable bonds is 5. The van der Waals surface area contributed by atoms with Crippen molar-refractivity contribution >= 4 is 19.6 Å². The zero-order valence-electron chi connectivity index (χ0n) is 7.40. The van der Waals surface area contributed by atoms with Gasteiger partial charge in [0.1, 0.15) is 0 Å². The van der Waals surface area contributed by atoms with Crippen molar-refractivity contribution in [2.75, 3.05) is 0 Å². The molecule has 1 rings (SSSR count). The van der Waals surface area contributed by atoms with E-state index in [0.717, 1.165) is 10.9 Å². The monoisotopic (exact) mass is 240 g/mol. The van der Waals surface area contributed by atoms with E-state index in [1.165, 1.54) is 0 Å². The average molecular weight is 239 g/mol. The Bertz CT molecular complexity index is 279. The zero-order valence-corrected chi connectivity index (χ0v) is 9.11. The van der Waals surface area contributed by atoms with Gasteiger partial charge in [-0.05, 0) is 0 Å². The second-order valence-electron chi connectivity index (χ2n) is 2.63.